The van der Waals surface area contributed by atoms with Crippen LogP contribution in [0.4, 0.5) is 0 Å². The maximum Gasteiger partial charge on any atom is 0.251 e. The lowest BCUT2D eigenvalue weighted by molar-refractivity contribution is 0.0951. The van der Waals surface area contributed by atoms with Gasteiger partial charge in [0, 0.05) is 35.2 Å². The fourth-order valence-corrected chi connectivity index (χ4v) is 5.46. The molecular weight excluding hydrogens is 478 g/mol. The normalized spacial score (nSPS) is 12.8. The topological polar surface area (TPSA) is 57.8 Å². The number of fused-ring (bicyclic) bond motifs is 1. The van der Waals surface area contributed by atoms with Crippen LogP contribution in [-0.2, 0) is 13.1 Å². The van der Waals surface area contributed by atoms with Gasteiger partial charge in [-0.1, -0.05) is 66.7 Å². The van der Waals surface area contributed by atoms with Crippen molar-refractivity contribution in [2.45, 2.75) is 45.7 Å². The van der Waals surface area contributed by atoms with E-state index in [1.54, 1.807) is 0 Å². The van der Waals surface area contributed by atoms with Crippen LogP contribution in [-0.4, -0.2) is 10.5 Å². The minimum atomic E-state index is -0.0493. The Labute approximate surface area is 229 Å². The van der Waals surface area contributed by atoms with Crippen molar-refractivity contribution in [3.63, 3.8) is 0 Å². The highest BCUT2D eigenvalue weighted by atomic mass is 16.1. The quantitative estimate of drug-likeness (QED) is 0.245. The molecule has 39 heavy (non-hydrogen) atoms. The monoisotopic (exact) mass is 509 g/mol. The molecule has 1 N–H and O–H groups in total. The van der Waals surface area contributed by atoms with Gasteiger partial charge in [0.25, 0.3) is 5.91 Å². The second-order valence-corrected chi connectivity index (χ2v) is 10.6. The predicted octanol–water partition coefficient (Wildman–Crippen LogP) is 7.65. The van der Waals surface area contributed by atoms with Crippen molar-refractivity contribution < 1.29 is 4.79 Å². The molecule has 4 heteroatoms. The zero-order valence-electron chi connectivity index (χ0n) is 22.4. The van der Waals surface area contributed by atoms with E-state index in [1.807, 2.05) is 36.4 Å². The van der Waals surface area contributed by atoms with Crippen LogP contribution >= 0.6 is 0 Å². The number of amides is 1. The van der Waals surface area contributed by atoms with Crippen molar-refractivity contribution >= 4 is 16.8 Å². The van der Waals surface area contributed by atoms with Gasteiger partial charge in [-0.15, -0.1) is 0 Å². The summed E-state index contributed by atoms with van der Waals surface area (Å²) in [4.78, 5) is 13.0. The number of hydrogen-bond donors (Lipinski definition) is 1. The molecule has 1 fully saturated rings. The van der Waals surface area contributed by atoms with Crippen LogP contribution < -0.4 is 5.32 Å². The van der Waals surface area contributed by atoms with Crippen LogP contribution in [0.25, 0.3) is 22.0 Å². The zero-order chi connectivity index (χ0) is 26.9. The molecule has 1 aliphatic rings. The first-order valence-electron chi connectivity index (χ1n) is 13.6. The molecule has 1 heterocycles. The number of nitrogens with zero attached hydrogens (tertiary/aromatic N) is 2. The molecule has 1 amide bonds. The van der Waals surface area contributed by atoms with Crippen molar-refractivity contribution in [3.05, 3.63) is 130 Å². The van der Waals surface area contributed by atoms with Gasteiger partial charge >= 0.3 is 0 Å². The summed E-state index contributed by atoms with van der Waals surface area (Å²) < 4.78 is 2.31. The highest BCUT2D eigenvalue weighted by molar-refractivity contribution is 5.99. The lowest BCUT2D eigenvalue weighted by atomic mass is 9.99. The van der Waals surface area contributed by atoms with Crippen LogP contribution in [0, 0.1) is 25.2 Å². The van der Waals surface area contributed by atoms with Crippen LogP contribution in [0.15, 0.2) is 91.0 Å². The molecule has 1 aromatic heterocycles. The molecule has 5 aromatic rings. The number of nitriles is 1. The minimum Gasteiger partial charge on any atom is -0.348 e. The Kier molecular flexibility index (Phi) is 6.50. The third-order valence-corrected chi connectivity index (χ3v) is 8.01. The smallest absolute Gasteiger partial charge is 0.251 e. The van der Waals surface area contributed by atoms with E-state index >= 15 is 0 Å². The van der Waals surface area contributed by atoms with Gasteiger partial charge in [-0.2, -0.15) is 5.26 Å². The summed E-state index contributed by atoms with van der Waals surface area (Å²) in [6, 6.07) is 33.0. The van der Waals surface area contributed by atoms with Gasteiger partial charge < -0.3 is 9.88 Å². The molecule has 0 aliphatic heterocycles. The van der Waals surface area contributed by atoms with Gasteiger partial charge in [0.05, 0.1) is 11.6 Å². The summed E-state index contributed by atoms with van der Waals surface area (Å²) in [6.45, 7) is 5.53. The Morgan fingerprint density at radius 2 is 1.72 bits per heavy atom. The summed E-state index contributed by atoms with van der Waals surface area (Å²) in [5.41, 5.74) is 10.6. The van der Waals surface area contributed by atoms with Gasteiger partial charge in [0.15, 0.2) is 0 Å². The number of aryl methyl sites for hydroxylation is 1. The Morgan fingerprint density at radius 3 is 2.49 bits per heavy atom. The Balaban J connectivity index is 1.20. The number of benzene rings is 4. The third kappa shape index (κ3) is 4.96. The highest BCUT2D eigenvalue weighted by Gasteiger charge is 2.23. The summed E-state index contributed by atoms with van der Waals surface area (Å²) in [5.74, 6) is 0.656. The number of hydrogen-bond acceptors (Lipinski definition) is 2. The highest BCUT2D eigenvalue weighted by Crippen LogP contribution is 2.40. The molecule has 192 valence electrons. The minimum absolute atomic E-state index is 0.0493. The SMILES string of the molecule is Cc1c(C)n(Cc2ccc(-c3ccccc3C#N)cc2)c2ccc(C(=O)NCc3cccc(C4CC4)c3)cc12. The fraction of sp³-hybridized carbons (Fsp3) is 0.200. The summed E-state index contributed by atoms with van der Waals surface area (Å²) in [6.07, 6.45) is 2.55. The van der Waals surface area contributed by atoms with Crippen LogP contribution in [0.5, 0.6) is 0 Å². The second-order valence-electron chi connectivity index (χ2n) is 10.6. The molecule has 4 nitrogen and oxygen atoms in total. The molecule has 0 bridgehead atoms. The number of aromatic nitrogens is 1. The van der Waals surface area contributed by atoms with Gasteiger partial charge in [-0.3, -0.25) is 4.79 Å². The lowest BCUT2D eigenvalue weighted by Gasteiger charge is -2.11. The molecule has 0 unspecified atom stereocenters. The average molecular weight is 510 g/mol. The van der Waals surface area contributed by atoms with E-state index in [0.29, 0.717) is 23.6 Å². The second kappa shape index (κ2) is 10.3. The molecule has 0 atom stereocenters. The van der Waals surface area contributed by atoms with Gasteiger partial charge in [0.1, 0.15) is 0 Å². The third-order valence-electron chi connectivity index (χ3n) is 8.01. The van der Waals surface area contributed by atoms with E-state index in [2.05, 4.69) is 84.4 Å². The van der Waals surface area contributed by atoms with Gasteiger partial charge in [-0.05, 0) is 90.3 Å². The maximum absolute atomic E-state index is 13.0. The largest absolute Gasteiger partial charge is 0.348 e. The lowest BCUT2D eigenvalue weighted by Crippen LogP contribution is -2.22. The fourth-order valence-electron chi connectivity index (χ4n) is 5.46. The summed E-state index contributed by atoms with van der Waals surface area (Å²) in [5, 5.41) is 13.7. The number of carbonyl (C=O) groups is 1. The molecule has 4 aromatic carbocycles. The van der Waals surface area contributed by atoms with Crippen molar-refractivity contribution in [1.82, 2.24) is 9.88 Å². The van der Waals surface area contributed by atoms with E-state index in [1.165, 1.54) is 35.2 Å². The number of nitrogens with one attached hydrogen (secondary N) is 1. The van der Waals surface area contributed by atoms with Crippen LogP contribution in [0.1, 0.15) is 62.6 Å². The Hall–Kier alpha value is -4.62. The first-order chi connectivity index (χ1) is 19.0. The Morgan fingerprint density at radius 1 is 0.923 bits per heavy atom. The van der Waals surface area contributed by atoms with E-state index < -0.39 is 0 Å². The molecule has 0 saturated heterocycles. The Bertz CT molecular complexity index is 1730. The van der Waals surface area contributed by atoms with E-state index in [9.17, 15) is 10.1 Å². The average Bonchev–Trinajstić information content (AvgIpc) is 3.81. The predicted molar refractivity (Wildman–Crippen MR) is 157 cm³/mol. The van der Waals surface area contributed by atoms with Crippen molar-refractivity contribution in [2.24, 2.45) is 0 Å². The van der Waals surface area contributed by atoms with E-state index in [4.69, 9.17) is 0 Å². The van der Waals surface area contributed by atoms with Crippen LogP contribution in [0.2, 0.25) is 0 Å². The standard InChI is InChI=1S/C35H31N3O/c1-23-24(2)38(22-25-10-12-28(13-11-25)32-9-4-3-7-31(32)20-36)34-17-16-30(19-33(23)34)35(39)37-21-26-6-5-8-29(18-26)27-14-15-27/h3-13,16-19,27H,14-15,21-22H2,1-2H3,(H,37,39). The molecular formula is C35H31N3O. The van der Waals surface area contributed by atoms with Crippen molar-refractivity contribution in [3.8, 4) is 17.2 Å². The van der Waals surface area contributed by atoms with Gasteiger partial charge in [-0.25, -0.2) is 0 Å². The first-order valence-corrected chi connectivity index (χ1v) is 13.6. The molecule has 6 rings (SSSR count). The van der Waals surface area contributed by atoms with Gasteiger partial charge in [0.2, 0.25) is 0 Å². The molecule has 1 saturated carbocycles. The molecule has 0 spiro atoms. The first kappa shape index (κ1) is 24.7. The number of carbonyl (C=O) groups excluding carboxylic acids is 1. The molecule has 1 aliphatic carbocycles. The number of rotatable bonds is 7. The maximum atomic E-state index is 13.0. The van der Waals surface area contributed by atoms with Crippen LogP contribution in [0.3, 0.4) is 0 Å². The summed E-state index contributed by atoms with van der Waals surface area (Å²) >= 11 is 0. The molecule has 0 radical (unpaired) electrons. The van der Waals surface area contributed by atoms with Crippen molar-refractivity contribution in [2.75, 3.05) is 0 Å². The van der Waals surface area contributed by atoms with E-state index in [0.717, 1.165) is 34.1 Å². The van der Waals surface area contributed by atoms with Crippen molar-refractivity contribution in [1.29, 1.82) is 5.26 Å². The summed E-state index contributed by atoms with van der Waals surface area (Å²) in [7, 11) is 0. The zero-order valence-corrected chi connectivity index (χ0v) is 22.4. The van der Waals surface area contributed by atoms with E-state index in [-0.39, 0.29) is 5.91 Å².